The van der Waals surface area contributed by atoms with Gasteiger partial charge in [-0.1, -0.05) is 6.07 Å². The molecule has 0 unspecified atom stereocenters. The maximum absolute atomic E-state index is 13.2. The zero-order chi connectivity index (χ0) is 23.6. The Kier molecular flexibility index (Phi) is 7.35. The van der Waals surface area contributed by atoms with Crippen molar-refractivity contribution in [3.63, 3.8) is 0 Å². The summed E-state index contributed by atoms with van der Waals surface area (Å²) >= 11 is 0. The van der Waals surface area contributed by atoms with Gasteiger partial charge in [0.25, 0.3) is 0 Å². The zero-order valence-electron chi connectivity index (χ0n) is 18.8. The fourth-order valence-electron chi connectivity index (χ4n) is 5.22. The largest absolute Gasteiger partial charge is 0.401 e. The molecule has 184 valence electrons. The summed E-state index contributed by atoms with van der Waals surface area (Å²) in [6.45, 7) is 0.864. The molecule has 2 aliphatic heterocycles. The second-order valence-electron chi connectivity index (χ2n) is 9.39. The molecule has 3 aliphatic rings. The Hall–Kier alpha value is -1.65. The third-order valence-corrected chi connectivity index (χ3v) is 8.96. The van der Waals surface area contributed by atoms with Crippen LogP contribution in [0.5, 0.6) is 0 Å². The predicted octanol–water partition coefficient (Wildman–Crippen LogP) is 3.06. The average Bonchev–Trinajstić information content (AvgIpc) is 3.02. The number of rotatable bonds is 4. The van der Waals surface area contributed by atoms with E-state index in [-0.39, 0.29) is 38.0 Å². The second-order valence-corrected chi connectivity index (χ2v) is 11.3. The van der Waals surface area contributed by atoms with Crippen molar-refractivity contribution < 1.29 is 26.4 Å². The highest BCUT2D eigenvalue weighted by molar-refractivity contribution is 7.89. The van der Waals surface area contributed by atoms with Crippen LogP contribution in [0.4, 0.5) is 13.2 Å². The van der Waals surface area contributed by atoms with E-state index in [2.05, 4.69) is 0 Å². The first-order valence-electron chi connectivity index (χ1n) is 11.8. The van der Waals surface area contributed by atoms with Crippen LogP contribution in [0.2, 0.25) is 0 Å². The molecular formula is C23H32F3N3O3S. The molecule has 0 spiro atoms. The molecule has 1 amide bonds. The summed E-state index contributed by atoms with van der Waals surface area (Å²) in [5.41, 5.74) is 2.35. The minimum absolute atomic E-state index is 0.0605. The van der Waals surface area contributed by atoms with Gasteiger partial charge in [0, 0.05) is 45.2 Å². The van der Waals surface area contributed by atoms with Gasteiger partial charge in [-0.3, -0.25) is 9.69 Å². The maximum atomic E-state index is 13.2. The summed E-state index contributed by atoms with van der Waals surface area (Å²) in [4.78, 5) is 16.3. The van der Waals surface area contributed by atoms with E-state index in [1.165, 1.54) is 14.8 Å². The van der Waals surface area contributed by atoms with Crippen LogP contribution in [0.3, 0.4) is 0 Å². The standard InChI is InChI=1S/C23H32F3N3O3S/c24-23(25,26)17-27-10-3-11-28(15-14-27)22(30)19-8-12-29(13-9-19)33(31,32)21-7-6-18-4-1-2-5-20(18)16-21/h6-7,16,19H,1-5,8-15,17H2. The highest BCUT2D eigenvalue weighted by Gasteiger charge is 2.36. The highest BCUT2D eigenvalue weighted by Crippen LogP contribution is 2.29. The monoisotopic (exact) mass is 487 g/mol. The van der Waals surface area contributed by atoms with Crippen molar-refractivity contribution in [2.75, 3.05) is 45.8 Å². The van der Waals surface area contributed by atoms with Crippen LogP contribution in [0.1, 0.15) is 43.2 Å². The van der Waals surface area contributed by atoms with Gasteiger partial charge < -0.3 is 4.90 Å². The maximum Gasteiger partial charge on any atom is 0.401 e. The summed E-state index contributed by atoms with van der Waals surface area (Å²) in [5.74, 6) is -0.344. The minimum atomic E-state index is -4.24. The summed E-state index contributed by atoms with van der Waals surface area (Å²) in [7, 11) is -3.60. The molecule has 1 aromatic rings. The molecule has 0 N–H and O–H groups in total. The number of nitrogens with zero attached hydrogens (tertiary/aromatic N) is 3. The molecule has 0 bridgehead atoms. The summed E-state index contributed by atoms with van der Waals surface area (Å²) in [6.07, 6.45) is 1.26. The van der Waals surface area contributed by atoms with Gasteiger partial charge in [0.05, 0.1) is 11.4 Å². The van der Waals surface area contributed by atoms with Crippen LogP contribution in [0.25, 0.3) is 0 Å². The Balaban J connectivity index is 1.33. The number of carbonyl (C=O) groups is 1. The molecule has 0 atom stereocenters. The smallest absolute Gasteiger partial charge is 0.341 e. The van der Waals surface area contributed by atoms with Crippen molar-refractivity contribution >= 4 is 15.9 Å². The number of alkyl halides is 3. The normalized spacial score (nSPS) is 22.1. The van der Waals surface area contributed by atoms with Gasteiger partial charge in [0.15, 0.2) is 0 Å². The third kappa shape index (κ3) is 5.89. The van der Waals surface area contributed by atoms with E-state index >= 15 is 0 Å². The van der Waals surface area contributed by atoms with E-state index in [1.807, 2.05) is 12.1 Å². The summed E-state index contributed by atoms with van der Waals surface area (Å²) in [6, 6.07) is 5.44. The number of hydrogen-bond acceptors (Lipinski definition) is 4. The van der Waals surface area contributed by atoms with E-state index in [4.69, 9.17) is 0 Å². The quantitative estimate of drug-likeness (QED) is 0.655. The summed E-state index contributed by atoms with van der Waals surface area (Å²) < 4.78 is 65.9. The molecule has 2 fully saturated rings. The number of benzene rings is 1. The lowest BCUT2D eigenvalue weighted by Crippen LogP contribution is -2.45. The predicted molar refractivity (Wildman–Crippen MR) is 118 cm³/mol. The first kappa shape index (κ1) is 24.5. The molecule has 2 saturated heterocycles. The van der Waals surface area contributed by atoms with Gasteiger partial charge in [-0.15, -0.1) is 0 Å². The molecule has 0 aromatic heterocycles. The highest BCUT2D eigenvalue weighted by atomic mass is 32.2. The van der Waals surface area contributed by atoms with Crippen LogP contribution < -0.4 is 0 Å². The molecule has 2 heterocycles. The Morgan fingerprint density at radius 1 is 0.909 bits per heavy atom. The van der Waals surface area contributed by atoms with E-state index in [0.29, 0.717) is 37.2 Å². The Bertz CT molecular complexity index is 959. The number of amides is 1. The van der Waals surface area contributed by atoms with Gasteiger partial charge in [-0.25, -0.2) is 8.42 Å². The van der Waals surface area contributed by atoms with E-state index in [9.17, 15) is 26.4 Å². The molecule has 4 rings (SSSR count). The number of carbonyl (C=O) groups excluding carboxylic acids is 1. The van der Waals surface area contributed by atoms with E-state index < -0.39 is 22.7 Å². The molecule has 1 aliphatic carbocycles. The van der Waals surface area contributed by atoms with E-state index in [1.54, 1.807) is 11.0 Å². The number of piperidine rings is 1. The first-order valence-corrected chi connectivity index (χ1v) is 13.3. The number of sulfonamides is 1. The Labute approximate surface area is 193 Å². The minimum Gasteiger partial charge on any atom is -0.341 e. The van der Waals surface area contributed by atoms with Crippen LogP contribution in [0, 0.1) is 5.92 Å². The number of halogens is 3. The van der Waals surface area contributed by atoms with Gasteiger partial charge in [-0.05, 0) is 68.2 Å². The molecule has 33 heavy (non-hydrogen) atoms. The number of fused-ring (bicyclic) bond motifs is 1. The molecule has 0 saturated carbocycles. The van der Waals surface area contributed by atoms with Gasteiger partial charge >= 0.3 is 6.18 Å². The molecule has 0 radical (unpaired) electrons. The van der Waals surface area contributed by atoms with Crippen LogP contribution in [0.15, 0.2) is 23.1 Å². The van der Waals surface area contributed by atoms with Gasteiger partial charge in [0.1, 0.15) is 0 Å². The van der Waals surface area contributed by atoms with E-state index in [0.717, 1.165) is 31.2 Å². The van der Waals surface area contributed by atoms with Crippen molar-refractivity contribution in [3.05, 3.63) is 29.3 Å². The van der Waals surface area contributed by atoms with Crippen LogP contribution in [-0.4, -0.2) is 80.4 Å². The van der Waals surface area contributed by atoms with Crippen molar-refractivity contribution in [1.29, 1.82) is 0 Å². The molecule has 1 aromatic carbocycles. The molecule has 10 heteroatoms. The van der Waals surface area contributed by atoms with Crippen molar-refractivity contribution in [3.8, 4) is 0 Å². The Morgan fingerprint density at radius 3 is 2.30 bits per heavy atom. The Morgan fingerprint density at radius 2 is 1.61 bits per heavy atom. The number of hydrogen-bond donors (Lipinski definition) is 0. The lowest BCUT2D eigenvalue weighted by Gasteiger charge is -2.33. The molecular weight excluding hydrogens is 455 g/mol. The van der Waals surface area contributed by atoms with Crippen LogP contribution in [-0.2, 0) is 27.7 Å². The van der Waals surface area contributed by atoms with Crippen molar-refractivity contribution in [2.45, 2.75) is 56.0 Å². The van der Waals surface area contributed by atoms with Crippen molar-refractivity contribution in [1.82, 2.24) is 14.1 Å². The third-order valence-electron chi connectivity index (χ3n) is 7.06. The summed E-state index contributed by atoms with van der Waals surface area (Å²) in [5, 5.41) is 0. The topological polar surface area (TPSA) is 60.9 Å². The zero-order valence-corrected chi connectivity index (χ0v) is 19.6. The lowest BCUT2D eigenvalue weighted by molar-refractivity contribution is -0.145. The fraction of sp³-hybridized carbons (Fsp3) is 0.696. The SMILES string of the molecule is O=C(C1CCN(S(=O)(=O)c2ccc3c(c2)CCCC3)CC1)N1CCCN(CC(F)(F)F)CC1. The average molecular weight is 488 g/mol. The lowest BCUT2D eigenvalue weighted by atomic mass is 9.92. The van der Waals surface area contributed by atoms with Crippen LogP contribution >= 0.6 is 0 Å². The van der Waals surface area contributed by atoms with Crippen molar-refractivity contribution in [2.24, 2.45) is 5.92 Å². The second kappa shape index (κ2) is 9.92. The molecule has 6 nitrogen and oxygen atoms in total. The van der Waals surface area contributed by atoms with Gasteiger partial charge in [0.2, 0.25) is 15.9 Å². The van der Waals surface area contributed by atoms with Gasteiger partial charge in [-0.2, -0.15) is 17.5 Å². The first-order chi connectivity index (χ1) is 15.6. The number of aryl methyl sites for hydroxylation is 2. The fourth-order valence-corrected chi connectivity index (χ4v) is 6.74.